The fraction of sp³-hybridized carbons (Fsp3) is 0.662. The van der Waals surface area contributed by atoms with Gasteiger partial charge in [-0.1, -0.05) is 282 Å². The van der Waals surface area contributed by atoms with Crippen LogP contribution in [0.2, 0.25) is 0 Å². The van der Waals surface area contributed by atoms with Crippen molar-refractivity contribution in [1.82, 2.24) is 0 Å². The number of unbranched alkanes of at least 4 members (excludes halogenated alkanes) is 25. The molecule has 0 saturated carbocycles. The van der Waals surface area contributed by atoms with Gasteiger partial charge in [0.1, 0.15) is 6.61 Å². The third-order valence-corrected chi connectivity index (χ3v) is 14.5. The molecule has 0 radical (unpaired) electrons. The number of allylic oxidation sites excluding steroid dienone is 22. The van der Waals surface area contributed by atoms with Gasteiger partial charge in [-0.15, -0.1) is 0 Å². The molecule has 462 valence electrons. The lowest BCUT2D eigenvalue weighted by molar-refractivity contribution is -0.161. The first-order chi connectivity index (χ1) is 39.8. The summed E-state index contributed by atoms with van der Waals surface area (Å²) in [6, 6.07) is 0. The number of hydrogen-bond acceptors (Lipinski definition) is 8. The topological polar surface area (TPSA) is 134 Å². The van der Waals surface area contributed by atoms with E-state index in [-0.39, 0.29) is 38.6 Å². The van der Waals surface area contributed by atoms with E-state index in [9.17, 15) is 19.0 Å². The summed E-state index contributed by atoms with van der Waals surface area (Å²) in [7, 11) is -4.40. The van der Waals surface area contributed by atoms with Crippen LogP contribution in [-0.4, -0.2) is 49.3 Å². The van der Waals surface area contributed by atoms with Crippen LogP contribution in [-0.2, 0) is 32.7 Å². The van der Waals surface area contributed by atoms with Gasteiger partial charge in [-0.25, -0.2) is 4.57 Å². The molecule has 0 heterocycles. The minimum absolute atomic E-state index is 0.0474. The van der Waals surface area contributed by atoms with Crippen molar-refractivity contribution >= 4 is 19.8 Å². The molecule has 0 spiro atoms. The quantitative estimate of drug-likeness (QED) is 0.0264. The first kappa shape index (κ1) is 77.2. The smallest absolute Gasteiger partial charge is 0.462 e. The van der Waals surface area contributed by atoms with Gasteiger partial charge >= 0.3 is 19.8 Å². The van der Waals surface area contributed by atoms with Gasteiger partial charge in [-0.3, -0.25) is 18.6 Å². The number of nitrogens with two attached hydrogens (primary N) is 1. The highest BCUT2D eigenvalue weighted by atomic mass is 31.2. The summed E-state index contributed by atoms with van der Waals surface area (Å²) in [5.74, 6) is -0.833. The summed E-state index contributed by atoms with van der Waals surface area (Å²) < 4.78 is 33.1. The number of hydrogen-bond donors (Lipinski definition) is 2. The van der Waals surface area contributed by atoms with E-state index in [1.54, 1.807) is 0 Å². The lowest BCUT2D eigenvalue weighted by Gasteiger charge is -2.19. The van der Waals surface area contributed by atoms with Crippen molar-refractivity contribution in [2.75, 3.05) is 26.4 Å². The van der Waals surface area contributed by atoms with Gasteiger partial charge < -0.3 is 20.1 Å². The Balaban J connectivity index is 3.95. The molecular formula is C71H120NO8P. The van der Waals surface area contributed by atoms with Gasteiger partial charge in [0.2, 0.25) is 0 Å². The zero-order valence-corrected chi connectivity index (χ0v) is 52.6. The van der Waals surface area contributed by atoms with E-state index in [4.69, 9.17) is 24.3 Å². The molecular weight excluding hydrogens is 1030 g/mol. The largest absolute Gasteiger partial charge is 0.472 e. The zero-order chi connectivity index (χ0) is 58.7. The molecule has 0 bridgehead atoms. The Hall–Kier alpha value is -3.85. The van der Waals surface area contributed by atoms with Crippen molar-refractivity contribution < 1.29 is 37.6 Å². The average Bonchev–Trinajstić information content (AvgIpc) is 3.46. The highest BCUT2D eigenvalue weighted by Gasteiger charge is 2.26. The van der Waals surface area contributed by atoms with E-state index in [2.05, 4.69) is 148 Å². The van der Waals surface area contributed by atoms with Crippen LogP contribution >= 0.6 is 7.82 Å². The van der Waals surface area contributed by atoms with Crippen molar-refractivity contribution in [3.63, 3.8) is 0 Å². The Morgan fingerprint density at radius 2 is 0.642 bits per heavy atom. The summed E-state index contributed by atoms with van der Waals surface area (Å²) in [4.78, 5) is 35.3. The molecule has 0 fully saturated rings. The molecule has 10 heteroatoms. The predicted octanol–water partition coefficient (Wildman–Crippen LogP) is 21.3. The Labute approximate surface area is 497 Å². The molecule has 3 N–H and O–H groups in total. The Morgan fingerprint density at radius 3 is 0.951 bits per heavy atom. The van der Waals surface area contributed by atoms with Gasteiger partial charge in [0.05, 0.1) is 13.2 Å². The summed E-state index contributed by atoms with van der Waals surface area (Å²) in [5.41, 5.74) is 5.40. The van der Waals surface area contributed by atoms with E-state index < -0.39 is 26.5 Å². The molecule has 81 heavy (non-hydrogen) atoms. The molecule has 0 amide bonds. The van der Waals surface area contributed by atoms with Gasteiger partial charge in [-0.05, 0) is 109 Å². The molecule has 0 aromatic rings. The Morgan fingerprint density at radius 1 is 0.370 bits per heavy atom. The first-order valence-corrected chi connectivity index (χ1v) is 34.2. The van der Waals surface area contributed by atoms with E-state index >= 15 is 0 Å². The van der Waals surface area contributed by atoms with Crippen LogP contribution in [0.5, 0.6) is 0 Å². The van der Waals surface area contributed by atoms with Crippen molar-refractivity contribution in [2.45, 2.75) is 277 Å². The molecule has 0 aliphatic heterocycles. The minimum Gasteiger partial charge on any atom is -0.462 e. The van der Waals surface area contributed by atoms with Crippen molar-refractivity contribution in [2.24, 2.45) is 5.73 Å². The van der Waals surface area contributed by atoms with E-state index in [1.807, 2.05) is 0 Å². The normalized spacial score (nSPS) is 13.9. The number of rotatable bonds is 60. The fourth-order valence-electron chi connectivity index (χ4n) is 8.79. The van der Waals surface area contributed by atoms with E-state index in [1.165, 1.54) is 122 Å². The summed E-state index contributed by atoms with van der Waals surface area (Å²) in [6.07, 6.45) is 92.3. The number of phosphoric ester groups is 1. The molecule has 0 aromatic heterocycles. The maximum Gasteiger partial charge on any atom is 0.472 e. The van der Waals surface area contributed by atoms with Crippen LogP contribution in [0.25, 0.3) is 0 Å². The number of carbonyl (C=O) groups is 2. The van der Waals surface area contributed by atoms with Crippen LogP contribution in [0, 0.1) is 0 Å². The van der Waals surface area contributed by atoms with Crippen molar-refractivity contribution in [3.8, 4) is 0 Å². The van der Waals surface area contributed by atoms with Gasteiger partial charge in [0.25, 0.3) is 0 Å². The molecule has 2 atom stereocenters. The zero-order valence-electron chi connectivity index (χ0n) is 51.7. The number of carbonyl (C=O) groups excluding carboxylic acids is 2. The number of esters is 2. The third-order valence-electron chi connectivity index (χ3n) is 13.5. The molecule has 2 unspecified atom stereocenters. The minimum atomic E-state index is -4.40. The predicted molar refractivity (Wildman–Crippen MR) is 348 cm³/mol. The fourth-order valence-corrected chi connectivity index (χ4v) is 9.55. The van der Waals surface area contributed by atoms with Crippen LogP contribution < -0.4 is 5.73 Å². The maximum atomic E-state index is 12.8. The first-order valence-electron chi connectivity index (χ1n) is 32.7. The van der Waals surface area contributed by atoms with Gasteiger partial charge in [-0.2, -0.15) is 0 Å². The molecule has 0 saturated heterocycles. The van der Waals surface area contributed by atoms with E-state index in [0.29, 0.717) is 6.42 Å². The summed E-state index contributed by atoms with van der Waals surface area (Å²) in [6.45, 7) is 3.52. The van der Waals surface area contributed by atoms with Crippen LogP contribution in [0.4, 0.5) is 0 Å². The number of phosphoric acid groups is 1. The Kier molecular flexibility index (Phi) is 62.2. The van der Waals surface area contributed by atoms with Crippen LogP contribution in [0.3, 0.4) is 0 Å². The average molecular weight is 1150 g/mol. The van der Waals surface area contributed by atoms with Gasteiger partial charge in [0.15, 0.2) is 6.10 Å². The lowest BCUT2D eigenvalue weighted by Crippen LogP contribution is -2.29. The SMILES string of the molecule is CC/C=C\C/C=C\C/C=C\C/C=C\C/C=C\C/C=C\C/C=C\CCCCCCCCCCCCCC(=O)OC(COC(=O)CCCCCCCCCCCCCCCC/C=C\C/C=C\C/C=C\C/C=C\CC)COP(=O)(O)OCCN. The highest BCUT2D eigenvalue weighted by molar-refractivity contribution is 7.47. The van der Waals surface area contributed by atoms with E-state index in [0.717, 1.165) is 116 Å². The summed E-state index contributed by atoms with van der Waals surface area (Å²) in [5, 5.41) is 0. The lowest BCUT2D eigenvalue weighted by atomic mass is 10.0. The summed E-state index contributed by atoms with van der Waals surface area (Å²) >= 11 is 0. The highest BCUT2D eigenvalue weighted by Crippen LogP contribution is 2.43. The number of ether oxygens (including phenoxy) is 2. The second-order valence-corrected chi connectivity index (χ2v) is 22.7. The second-order valence-electron chi connectivity index (χ2n) is 21.2. The van der Waals surface area contributed by atoms with Crippen molar-refractivity contribution in [3.05, 3.63) is 134 Å². The molecule has 0 aliphatic carbocycles. The maximum absolute atomic E-state index is 12.8. The van der Waals surface area contributed by atoms with Gasteiger partial charge in [0, 0.05) is 19.4 Å². The van der Waals surface area contributed by atoms with Crippen LogP contribution in [0.1, 0.15) is 271 Å². The monoisotopic (exact) mass is 1150 g/mol. The third kappa shape index (κ3) is 65.2. The molecule has 0 aliphatic rings. The molecule has 0 rings (SSSR count). The van der Waals surface area contributed by atoms with Crippen LogP contribution in [0.15, 0.2) is 134 Å². The molecule has 0 aromatic carbocycles. The Bertz CT molecular complexity index is 1790. The van der Waals surface area contributed by atoms with Crippen molar-refractivity contribution in [1.29, 1.82) is 0 Å². The second kappa shape index (κ2) is 65.3. The standard InChI is InChI=1S/C71H120NO8P/c1-3-5-7-9-11-13-15-17-19-21-23-25-27-29-31-32-33-34-35-36-38-40-42-44-46-48-50-52-54-56-58-60-62-64-71(74)80-69(68-79-81(75,76)78-66-65-72)67-77-70(73)63-61-59-57-55-53-51-49-47-45-43-41-39-37-30-28-26-24-22-20-18-16-14-12-10-8-6-4-2/h5-8,11-14,17-20,23-26,29,31,33-34,36,38,69H,3-4,9-10,15-16,21-22,27-28,30,32,35,37,39-68,72H2,1-2H3,(H,75,76)/b7-5-,8-6-,13-11-,14-12-,19-17-,20-18-,25-23-,26-24-,31-29-,34-33-,38-36-. The molecule has 9 nitrogen and oxygen atoms in total.